The summed E-state index contributed by atoms with van der Waals surface area (Å²) in [5.41, 5.74) is 1.42. The van der Waals surface area contributed by atoms with Crippen LogP contribution >= 0.6 is 0 Å². The van der Waals surface area contributed by atoms with Gasteiger partial charge in [-0.1, -0.05) is 0 Å². The van der Waals surface area contributed by atoms with Crippen LogP contribution in [-0.4, -0.2) is 20.9 Å². The first-order valence-corrected chi connectivity index (χ1v) is 5.55. The van der Waals surface area contributed by atoms with Crippen molar-refractivity contribution in [3.63, 3.8) is 0 Å². The average molecular weight is 257 g/mol. The monoisotopic (exact) mass is 257 g/mol. The summed E-state index contributed by atoms with van der Waals surface area (Å²) in [5.74, 6) is -1.05. The molecule has 0 radical (unpaired) electrons. The van der Waals surface area contributed by atoms with E-state index in [-0.39, 0.29) is 17.5 Å². The van der Waals surface area contributed by atoms with Gasteiger partial charge in [0.2, 0.25) is 0 Å². The largest absolute Gasteiger partial charge is 0.481 e. The number of nitrogens with one attached hydrogen (secondary N) is 1. The number of nitriles is 1. The van der Waals surface area contributed by atoms with Gasteiger partial charge in [0.05, 0.1) is 29.3 Å². The second-order valence-corrected chi connectivity index (χ2v) is 4.09. The molecule has 0 amide bonds. The van der Waals surface area contributed by atoms with Crippen molar-refractivity contribution in [1.29, 1.82) is 5.26 Å². The van der Waals surface area contributed by atoms with Crippen LogP contribution in [0.3, 0.4) is 0 Å². The number of hydrogen-bond acceptors (Lipinski definition) is 3. The van der Waals surface area contributed by atoms with Gasteiger partial charge in [-0.15, -0.1) is 0 Å². The van der Waals surface area contributed by atoms with Gasteiger partial charge >= 0.3 is 5.97 Å². The first-order valence-electron chi connectivity index (χ1n) is 5.55. The van der Waals surface area contributed by atoms with Crippen LogP contribution in [0.15, 0.2) is 29.1 Å². The summed E-state index contributed by atoms with van der Waals surface area (Å²) in [6.07, 6.45) is -0.315. The fraction of sp³-hybridized carbons (Fsp3) is 0.154. The predicted octanol–water partition coefficient (Wildman–Crippen LogP) is 0.973. The molecule has 6 heteroatoms. The van der Waals surface area contributed by atoms with Gasteiger partial charge in [0.25, 0.3) is 5.56 Å². The highest BCUT2D eigenvalue weighted by molar-refractivity contribution is 5.70. The molecular formula is C13H11N3O3. The maximum Gasteiger partial charge on any atom is 0.308 e. The number of rotatable bonds is 3. The Morgan fingerprint density at radius 3 is 2.58 bits per heavy atom. The van der Waals surface area contributed by atoms with Gasteiger partial charge in [0.1, 0.15) is 0 Å². The summed E-state index contributed by atoms with van der Waals surface area (Å²) < 4.78 is 1.27. The normalized spacial score (nSPS) is 10.1. The number of aliphatic carboxylic acids is 1. The van der Waals surface area contributed by atoms with Crippen molar-refractivity contribution in [2.24, 2.45) is 0 Å². The van der Waals surface area contributed by atoms with E-state index in [1.54, 1.807) is 31.2 Å². The molecule has 19 heavy (non-hydrogen) atoms. The molecule has 0 spiro atoms. The number of carboxylic acids is 1. The zero-order valence-electron chi connectivity index (χ0n) is 10.2. The third-order valence-electron chi connectivity index (χ3n) is 2.78. The molecule has 1 heterocycles. The number of nitrogens with zero attached hydrogens (tertiary/aromatic N) is 2. The zero-order valence-corrected chi connectivity index (χ0v) is 10.2. The van der Waals surface area contributed by atoms with Gasteiger partial charge in [0, 0.05) is 5.69 Å². The van der Waals surface area contributed by atoms with Crippen molar-refractivity contribution in [2.75, 3.05) is 0 Å². The summed E-state index contributed by atoms with van der Waals surface area (Å²) in [4.78, 5) is 22.8. The molecule has 0 unspecified atom stereocenters. The minimum absolute atomic E-state index is 0.233. The molecule has 0 bridgehead atoms. The Kier molecular flexibility index (Phi) is 3.21. The number of benzene rings is 1. The topological polar surface area (TPSA) is 98.9 Å². The van der Waals surface area contributed by atoms with E-state index in [4.69, 9.17) is 10.4 Å². The SMILES string of the molecule is Cc1[nH]n(-c2ccc(C#N)cc2)c(=O)c1CC(=O)O. The molecule has 0 atom stereocenters. The van der Waals surface area contributed by atoms with Gasteiger partial charge < -0.3 is 5.11 Å². The van der Waals surface area contributed by atoms with Crippen molar-refractivity contribution in [3.8, 4) is 11.8 Å². The molecule has 0 fully saturated rings. The fourth-order valence-electron chi connectivity index (χ4n) is 1.81. The molecular weight excluding hydrogens is 246 g/mol. The van der Waals surface area contributed by atoms with E-state index in [9.17, 15) is 9.59 Å². The Bertz CT molecular complexity index is 717. The van der Waals surface area contributed by atoms with Gasteiger partial charge in [-0.05, 0) is 31.2 Å². The molecule has 1 aromatic carbocycles. The van der Waals surface area contributed by atoms with Crippen molar-refractivity contribution in [2.45, 2.75) is 13.3 Å². The van der Waals surface area contributed by atoms with E-state index < -0.39 is 5.97 Å². The molecule has 0 aliphatic carbocycles. The van der Waals surface area contributed by atoms with Crippen LogP contribution in [-0.2, 0) is 11.2 Å². The fourth-order valence-corrected chi connectivity index (χ4v) is 1.81. The first kappa shape index (κ1) is 12.6. The highest BCUT2D eigenvalue weighted by Crippen LogP contribution is 2.09. The molecule has 0 saturated carbocycles. The smallest absolute Gasteiger partial charge is 0.308 e. The summed E-state index contributed by atoms with van der Waals surface area (Å²) in [6, 6.07) is 8.42. The maximum absolute atomic E-state index is 12.1. The molecule has 6 nitrogen and oxygen atoms in total. The number of carboxylic acid groups (broad SMARTS) is 1. The van der Waals surface area contributed by atoms with Gasteiger partial charge in [-0.3, -0.25) is 14.7 Å². The number of hydrogen-bond donors (Lipinski definition) is 2. The molecule has 2 N–H and O–H groups in total. The van der Waals surface area contributed by atoms with Crippen LogP contribution in [0.1, 0.15) is 16.8 Å². The Hall–Kier alpha value is -2.81. The summed E-state index contributed by atoms with van der Waals surface area (Å²) in [6.45, 7) is 1.65. The third-order valence-corrected chi connectivity index (χ3v) is 2.78. The lowest BCUT2D eigenvalue weighted by atomic mass is 10.2. The predicted molar refractivity (Wildman–Crippen MR) is 67.2 cm³/mol. The molecule has 0 aliphatic heterocycles. The number of H-pyrrole nitrogens is 1. The van der Waals surface area contributed by atoms with E-state index in [1.165, 1.54) is 4.68 Å². The second kappa shape index (κ2) is 4.82. The highest BCUT2D eigenvalue weighted by atomic mass is 16.4. The van der Waals surface area contributed by atoms with E-state index in [1.807, 2.05) is 6.07 Å². The summed E-state index contributed by atoms with van der Waals surface area (Å²) in [5, 5.41) is 20.3. The standard InChI is InChI=1S/C13H11N3O3/c1-8-11(6-12(17)18)13(19)16(15-8)10-4-2-9(7-14)3-5-10/h2-5,15H,6H2,1H3,(H,17,18). The first-order chi connectivity index (χ1) is 9.02. The number of aromatic nitrogens is 2. The third kappa shape index (κ3) is 2.40. The molecule has 2 aromatic rings. The van der Waals surface area contributed by atoms with Crippen molar-refractivity contribution < 1.29 is 9.90 Å². The number of aromatic amines is 1. The minimum Gasteiger partial charge on any atom is -0.481 e. The van der Waals surface area contributed by atoms with Gasteiger partial charge in [0.15, 0.2) is 0 Å². The lowest BCUT2D eigenvalue weighted by Crippen LogP contribution is -2.19. The van der Waals surface area contributed by atoms with E-state index in [0.717, 1.165) is 0 Å². The lowest BCUT2D eigenvalue weighted by molar-refractivity contribution is -0.136. The van der Waals surface area contributed by atoms with E-state index >= 15 is 0 Å². The van der Waals surface area contributed by atoms with E-state index in [0.29, 0.717) is 16.9 Å². The highest BCUT2D eigenvalue weighted by Gasteiger charge is 2.14. The van der Waals surface area contributed by atoms with E-state index in [2.05, 4.69) is 5.10 Å². The molecule has 2 rings (SSSR count). The van der Waals surface area contributed by atoms with Crippen molar-refractivity contribution in [1.82, 2.24) is 9.78 Å². The van der Waals surface area contributed by atoms with Crippen LogP contribution < -0.4 is 5.56 Å². The van der Waals surface area contributed by atoms with Gasteiger partial charge in [-0.2, -0.15) is 5.26 Å². The lowest BCUT2D eigenvalue weighted by Gasteiger charge is -2.00. The van der Waals surface area contributed by atoms with Crippen LogP contribution in [0.2, 0.25) is 0 Å². The Morgan fingerprint density at radius 2 is 2.05 bits per heavy atom. The second-order valence-electron chi connectivity index (χ2n) is 4.09. The quantitative estimate of drug-likeness (QED) is 0.855. The molecule has 0 aliphatic rings. The summed E-state index contributed by atoms with van der Waals surface area (Å²) >= 11 is 0. The number of carbonyl (C=O) groups is 1. The Balaban J connectivity index is 2.49. The van der Waals surface area contributed by atoms with Crippen LogP contribution in [0.4, 0.5) is 0 Å². The average Bonchev–Trinajstić information content (AvgIpc) is 2.66. The molecule has 96 valence electrons. The van der Waals surface area contributed by atoms with Crippen LogP contribution in [0.25, 0.3) is 5.69 Å². The zero-order chi connectivity index (χ0) is 14.0. The van der Waals surface area contributed by atoms with Crippen LogP contribution in [0.5, 0.6) is 0 Å². The molecule has 1 aromatic heterocycles. The summed E-state index contributed by atoms with van der Waals surface area (Å²) in [7, 11) is 0. The minimum atomic E-state index is -1.05. The van der Waals surface area contributed by atoms with Gasteiger partial charge in [-0.25, -0.2) is 4.68 Å². The molecule has 0 saturated heterocycles. The Morgan fingerprint density at radius 1 is 1.42 bits per heavy atom. The maximum atomic E-state index is 12.1. The Labute approximate surface area is 108 Å². The van der Waals surface area contributed by atoms with Crippen molar-refractivity contribution >= 4 is 5.97 Å². The van der Waals surface area contributed by atoms with Crippen molar-refractivity contribution in [3.05, 3.63) is 51.4 Å². The number of aryl methyl sites for hydroxylation is 1. The van der Waals surface area contributed by atoms with Crippen LogP contribution in [0, 0.1) is 18.3 Å².